The van der Waals surface area contributed by atoms with E-state index in [1.807, 2.05) is 32.0 Å². The molecule has 0 aliphatic carbocycles. The lowest BCUT2D eigenvalue weighted by molar-refractivity contribution is -0.111. The topological polar surface area (TPSA) is 56.8 Å². The van der Waals surface area contributed by atoms with Crippen LogP contribution in [0.2, 0.25) is 0 Å². The Morgan fingerprint density at radius 1 is 1.00 bits per heavy atom. The standard InChI is InChI=1S/C20H23NO4/c1-14(2)25-17-9-7-16(8-10-17)21-20(22)12-6-15-5-11-18(23-3)19(13-15)24-4/h5-14H,1-4H3,(H,21,22). The SMILES string of the molecule is COc1ccc(C=CC(=O)Nc2ccc(OC(C)C)cc2)cc1OC. The molecule has 0 bridgehead atoms. The van der Waals surface area contributed by atoms with E-state index in [1.165, 1.54) is 6.08 Å². The lowest BCUT2D eigenvalue weighted by Crippen LogP contribution is -2.08. The van der Waals surface area contributed by atoms with Crippen LogP contribution >= 0.6 is 0 Å². The molecule has 2 aromatic carbocycles. The Morgan fingerprint density at radius 3 is 2.28 bits per heavy atom. The molecule has 5 nitrogen and oxygen atoms in total. The summed E-state index contributed by atoms with van der Waals surface area (Å²) in [5, 5.41) is 2.81. The van der Waals surface area contributed by atoms with Crippen molar-refractivity contribution in [1.29, 1.82) is 0 Å². The van der Waals surface area contributed by atoms with Gasteiger partial charge in [0.05, 0.1) is 20.3 Å². The number of hydrogen-bond acceptors (Lipinski definition) is 4. The third kappa shape index (κ3) is 5.57. The Morgan fingerprint density at radius 2 is 1.68 bits per heavy atom. The fraction of sp³-hybridized carbons (Fsp3) is 0.250. The van der Waals surface area contributed by atoms with Gasteiger partial charge in [-0.25, -0.2) is 0 Å². The number of carbonyl (C=O) groups is 1. The van der Waals surface area contributed by atoms with E-state index in [-0.39, 0.29) is 12.0 Å². The van der Waals surface area contributed by atoms with Crippen LogP contribution in [-0.4, -0.2) is 26.2 Å². The number of nitrogens with one attached hydrogen (secondary N) is 1. The highest BCUT2D eigenvalue weighted by Gasteiger charge is 2.04. The minimum atomic E-state index is -0.215. The number of ether oxygens (including phenoxy) is 3. The summed E-state index contributed by atoms with van der Waals surface area (Å²) >= 11 is 0. The average Bonchev–Trinajstić information content (AvgIpc) is 2.61. The number of amides is 1. The molecule has 0 aliphatic heterocycles. The molecule has 132 valence electrons. The molecule has 1 amide bonds. The maximum atomic E-state index is 12.0. The molecule has 2 rings (SSSR count). The smallest absolute Gasteiger partial charge is 0.248 e. The highest BCUT2D eigenvalue weighted by atomic mass is 16.5. The van der Waals surface area contributed by atoms with Crippen molar-refractivity contribution in [2.45, 2.75) is 20.0 Å². The van der Waals surface area contributed by atoms with Gasteiger partial charge in [0.25, 0.3) is 0 Å². The van der Waals surface area contributed by atoms with Gasteiger partial charge in [-0.1, -0.05) is 6.07 Å². The summed E-state index contributed by atoms with van der Waals surface area (Å²) in [7, 11) is 3.16. The molecule has 0 radical (unpaired) electrons. The summed E-state index contributed by atoms with van der Waals surface area (Å²) in [6.07, 6.45) is 3.30. The van der Waals surface area contributed by atoms with E-state index >= 15 is 0 Å². The molecule has 0 atom stereocenters. The first kappa shape index (κ1) is 18.4. The maximum Gasteiger partial charge on any atom is 0.248 e. The Hall–Kier alpha value is -2.95. The molecule has 0 fully saturated rings. The van der Waals surface area contributed by atoms with Crippen LogP contribution in [0.15, 0.2) is 48.5 Å². The molecular formula is C20H23NO4. The van der Waals surface area contributed by atoms with Gasteiger partial charge in [-0.2, -0.15) is 0 Å². The maximum absolute atomic E-state index is 12.0. The number of benzene rings is 2. The molecule has 0 heterocycles. The zero-order valence-electron chi connectivity index (χ0n) is 14.9. The van der Waals surface area contributed by atoms with E-state index in [1.54, 1.807) is 44.6 Å². The Bertz CT molecular complexity index is 736. The van der Waals surface area contributed by atoms with E-state index in [4.69, 9.17) is 14.2 Å². The second-order valence-corrected chi connectivity index (χ2v) is 5.63. The van der Waals surface area contributed by atoms with Crippen molar-refractivity contribution in [3.63, 3.8) is 0 Å². The monoisotopic (exact) mass is 341 g/mol. The summed E-state index contributed by atoms with van der Waals surface area (Å²) in [6, 6.07) is 12.7. The Kier molecular flexibility index (Phi) is 6.46. The predicted molar refractivity (Wildman–Crippen MR) is 99.4 cm³/mol. The van der Waals surface area contributed by atoms with Crippen molar-refractivity contribution in [3.05, 3.63) is 54.1 Å². The largest absolute Gasteiger partial charge is 0.493 e. The fourth-order valence-corrected chi connectivity index (χ4v) is 2.20. The van der Waals surface area contributed by atoms with Crippen molar-refractivity contribution in [2.24, 2.45) is 0 Å². The fourth-order valence-electron chi connectivity index (χ4n) is 2.20. The van der Waals surface area contributed by atoms with Crippen LogP contribution in [-0.2, 0) is 4.79 Å². The lowest BCUT2D eigenvalue weighted by Gasteiger charge is -2.10. The van der Waals surface area contributed by atoms with Gasteiger partial charge in [0, 0.05) is 11.8 Å². The van der Waals surface area contributed by atoms with Gasteiger partial charge in [-0.3, -0.25) is 4.79 Å². The van der Waals surface area contributed by atoms with E-state index in [9.17, 15) is 4.79 Å². The summed E-state index contributed by atoms with van der Waals surface area (Å²) in [4.78, 5) is 12.0. The normalized spacial score (nSPS) is 10.8. The van der Waals surface area contributed by atoms with E-state index in [0.29, 0.717) is 17.2 Å². The van der Waals surface area contributed by atoms with Gasteiger partial charge < -0.3 is 19.5 Å². The van der Waals surface area contributed by atoms with E-state index in [0.717, 1.165) is 11.3 Å². The third-order valence-electron chi connectivity index (χ3n) is 3.33. The van der Waals surface area contributed by atoms with Crippen LogP contribution in [0.5, 0.6) is 17.2 Å². The van der Waals surface area contributed by atoms with Gasteiger partial charge in [-0.05, 0) is 61.9 Å². The number of methoxy groups -OCH3 is 2. The first-order valence-electron chi connectivity index (χ1n) is 7.99. The molecule has 0 saturated heterocycles. The zero-order valence-corrected chi connectivity index (χ0v) is 14.9. The molecular weight excluding hydrogens is 318 g/mol. The average molecular weight is 341 g/mol. The van der Waals surface area contributed by atoms with Crippen molar-refractivity contribution in [2.75, 3.05) is 19.5 Å². The summed E-state index contributed by atoms with van der Waals surface area (Å²) in [5.41, 5.74) is 1.55. The number of rotatable bonds is 7. The number of carbonyl (C=O) groups excluding carboxylic acids is 1. The molecule has 0 unspecified atom stereocenters. The molecule has 25 heavy (non-hydrogen) atoms. The van der Waals surface area contributed by atoms with Gasteiger partial charge >= 0.3 is 0 Å². The van der Waals surface area contributed by atoms with Gasteiger partial charge in [0.2, 0.25) is 5.91 Å². The summed E-state index contributed by atoms with van der Waals surface area (Å²) in [6.45, 7) is 3.93. The highest BCUT2D eigenvalue weighted by molar-refractivity contribution is 6.01. The van der Waals surface area contributed by atoms with Gasteiger partial charge in [0.1, 0.15) is 5.75 Å². The Balaban J connectivity index is 1.98. The van der Waals surface area contributed by atoms with Crippen LogP contribution < -0.4 is 19.5 Å². The molecule has 0 saturated carbocycles. The molecule has 1 N–H and O–H groups in total. The second kappa shape index (κ2) is 8.78. The summed E-state index contributed by atoms with van der Waals surface area (Å²) in [5.74, 6) is 1.82. The van der Waals surface area contributed by atoms with Crippen molar-refractivity contribution in [3.8, 4) is 17.2 Å². The number of anilines is 1. The number of hydrogen-bond donors (Lipinski definition) is 1. The first-order valence-corrected chi connectivity index (χ1v) is 7.99. The van der Waals surface area contributed by atoms with Crippen LogP contribution in [0, 0.1) is 0 Å². The molecule has 0 aliphatic rings. The highest BCUT2D eigenvalue weighted by Crippen LogP contribution is 2.28. The Labute approximate surface area is 148 Å². The van der Waals surface area contributed by atoms with Gasteiger partial charge in [0.15, 0.2) is 11.5 Å². The summed E-state index contributed by atoms with van der Waals surface area (Å²) < 4.78 is 16.0. The van der Waals surface area contributed by atoms with Crippen LogP contribution in [0.25, 0.3) is 6.08 Å². The second-order valence-electron chi connectivity index (χ2n) is 5.63. The van der Waals surface area contributed by atoms with Crippen LogP contribution in [0.1, 0.15) is 19.4 Å². The minimum Gasteiger partial charge on any atom is -0.493 e. The molecule has 5 heteroatoms. The van der Waals surface area contributed by atoms with E-state index < -0.39 is 0 Å². The van der Waals surface area contributed by atoms with E-state index in [2.05, 4.69) is 5.32 Å². The third-order valence-corrected chi connectivity index (χ3v) is 3.33. The molecule has 0 aromatic heterocycles. The lowest BCUT2D eigenvalue weighted by atomic mass is 10.2. The van der Waals surface area contributed by atoms with Crippen molar-refractivity contribution < 1.29 is 19.0 Å². The predicted octanol–water partition coefficient (Wildman–Crippen LogP) is 4.14. The quantitative estimate of drug-likeness (QED) is 0.769. The van der Waals surface area contributed by atoms with Crippen molar-refractivity contribution >= 4 is 17.7 Å². The molecule has 0 spiro atoms. The minimum absolute atomic E-state index is 0.116. The van der Waals surface area contributed by atoms with Crippen LogP contribution in [0.4, 0.5) is 5.69 Å². The van der Waals surface area contributed by atoms with Gasteiger partial charge in [-0.15, -0.1) is 0 Å². The first-order chi connectivity index (χ1) is 12.0. The van der Waals surface area contributed by atoms with Crippen molar-refractivity contribution in [1.82, 2.24) is 0 Å². The zero-order chi connectivity index (χ0) is 18.2. The van der Waals surface area contributed by atoms with Crippen LogP contribution in [0.3, 0.4) is 0 Å². The molecule has 2 aromatic rings.